The summed E-state index contributed by atoms with van der Waals surface area (Å²) in [5, 5.41) is 15.2. The number of fused-ring (bicyclic) bond motifs is 3. The average molecular weight is 821 g/mol. The summed E-state index contributed by atoms with van der Waals surface area (Å²) in [6.45, 7) is 0.00883. The molecular formula is C39H38Cl2F3N3O7S. The standard InChI is InChI=1S/C39H38Cl2F3N3O7S/c40-29-18-47(50)19-30(41)28(29)16-32(24-6-8-31(54-39(43)44)33(15-24)51-21-22-4-5-22)52-37(48)35-9-7-27(55-35)17-45-36(25-2-1-3-26(42)14-25)38(49)53-34-20-46-12-10-23(34)11-13-46/h1-3,6-9,14-15,18-19,22-23,32,34,36,39,45H,4-5,10-13,16-17,20-21H2/t32-,34-,36?/m0/s1. The molecule has 3 saturated heterocycles. The highest BCUT2D eigenvalue weighted by Crippen LogP contribution is 2.38. The van der Waals surface area contributed by atoms with E-state index in [4.69, 9.17) is 42.1 Å². The van der Waals surface area contributed by atoms with Crippen LogP contribution in [0.4, 0.5) is 13.2 Å². The van der Waals surface area contributed by atoms with Gasteiger partial charge >= 0.3 is 18.6 Å². The maximum absolute atomic E-state index is 14.3. The van der Waals surface area contributed by atoms with Gasteiger partial charge in [0.2, 0.25) is 0 Å². The molecule has 0 spiro atoms. The van der Waals surface area contributed by atoms with Gasteiger partial charge in [0.15, 0.2) is 23.9 Å². The number of aromatic nitrogens is 1. The van der Waals surface area contributed by atoms with E-state index in [0.717, 1.165) is 62.5 Å². The molecule has 1 aliphatic carbocycles. The number of pyridine rings is 1. The van der Waals surface area contributed by atoms with Crippen LogP contribution in [0.2, 0.25) is 10.0 Å². The van der Waals surface area contributed by atoms with Crippen molar-refractivity contribution < 1.29 is 46.4 Å². The number of alkyl halides is 2. The Morgan fingerprint density at radius 2 is 1.75 bits per heavy atom. The number of halogens is 5. The second-order valence-electron chi connectivity index (χ2n) is 14.0. The van der Waals surface area contributed by atoms with Crippen molar-refractivity contribution >= 4 is 46.5 Å². The zero-order valence-corrected chi connectivity index (χ0v) is 31.8. The minimum Gasteiger partial charge on any atom is -0.619 e. The number of carbonyl (C=O) groups is 2. The normalized spacial score (nSPS) is 20.2. The van der Waals surface area contributed by atoms with Gasteiger partial charge in [0, 0.05) is 30.0 Å². The van der Waals surface area contributed by atoms with Gasteiger partial charge in [-0.25, -0.2) is 14.0 Å². The molecule has 4 aliphatic rings. The molecule has 292 valence electrons. The van der Waals surface area contributed by atoms with Crippen LogP contribution in [0.5, 0.6) is 11.5 Å². The van der Waals surface area contributed by atoms with E-state index in [1.54, 1.807) is 18.2 Å². The molecule has 16 heteroatoms. The van der Waals surface area contributed by atoms with Crippen LogP contribution in [-0.4, -0.2) is 55.8 Å². The molecule has 55 heavy (non-hydrogen) atoms. The first kappa shape index (κ1) is 39.2. The van der Waals surface area contributed by atoms with Gasteiger partial charge in [-0.15, -0.1) is 11.3 Å². The number of rotatable bonds is 16. The molecule has 0 amide bonds. The lowest BCUT2D eigenvalue weighted by molar-refractivity contribution is -0.605. The molecule has 2 bridgehead atoms. The molecule has 5 heterocycles. The van der Waals surface area contributed by atoms with E-state index in [1.807, 2.05) is 0 Å². The van der Waals surface area contributed by atoms with E-state index in [9.17, 15) is 28.0 Å². The summed E-state index contributed by atoms with van der Waals surface area (Å²) in [6, 6.07) is 12.4. The number of ether oxygens (including phenoxy) is 4. The average Bonchev–Trinajstić information content (AvgIpc) is 3.86. The number of hydrogen-bond donors (Lipinski definition) is 1. The van der Waals surface area contributed by atoms with Crippen molar-refractivity contribution in [3.8, 4) is 11.5 Å². The summed E-state index contributed by atoms with van der Waals surface area (Å²) in [4.78, 5) is 30.5. The van der Waals surface area contributed by atoms with Crippen LogP contribution in [0.25, 0.3) is 0 Å². The molecule has 4 aromatic rings. The number of benzene rings is 2. The van der Waals surface area contributed by atoms with Crippen LogP contribution in [0.15, 0.2) is 67.0 Å². The Kier molecular flexibility index (Phi) is 12.4. The van der Waals surface area contributed by atoms with Crippen LogP contribution in [0.1, 0.15) is 69.1 Å². The van der Waals surface area contributed by atoms with Crippen molar-refractivity contribution in [1.82, 2.24) is 10.2 Å². The van der Waals surface area contributed by atoms with Crippen molar-refractivity contribution in [3.05, 3.63) is 115 Å². The highest BCUT2D eigenvalue weighted by molar-refractivity contribution is 7.13. The lowest BCUT2D eigenvalue weighted by Crippen LogP contribution is -2.52. The van der Waals surface area contributed by atoms with Crippen molar-refractivity contribution in [3.63, 3.8) is 0 Å². The largest absolute Gasteiger partial charge is 0.619 e. The van der Waals surface area contributed by atoms with E-state index in [0.29, 0.717) is 51.3 Å². The summed E-state index contributed by atoms with van der Waals surface area (Å²) in [5.74, 6) is -1.22. The Morgan fingerprint density at radius 1 is 0.982 bits per heavy atom. The Labute approximate surface area is 329 Å². The molecule has 3 aliphatic heterocycles. The molecule has 3 atom stereocenters. The van der Waals surface area contributed by atoms with Gasteiger partial charge in [-0.05, 0) is 98.1 Å². The molecule has 4 fully saturated rings. The minimum absolute atomic E-state index is 0.0378. The van der Waals surface area contributed by atoms with Gasteiger partial charge in [-0.2, -0.15) is 13.5 Å². The third kappa shape index (κ3) is 10.0. The number of nitrogens with zero attached hydrogens (tertiary/aromatic N) is 2. The summed E-state index contributed by atoms with van der Waals surface area (Å²) >= 11 is 13.9. The van der Waals surface area contributed by atoms with E-state index in [-0.39, 0.29) is 45.5 Å². The van der Waals surface area contributed by atoms with Gasteiger partial charge in [0.05, 0.1) is 6.61 Å². The summed E-state index contributed by atoms with van der Waals surface area (Å²) in [7, 11) is 0. The zero-order valence-electron chi connectivity index (χ0n) is 29.4. The van der Waals surface area contributed by atoms with Crippen LogP contribution < -0.4 is 19.5 Å². The van der Waals surface area contributed by atoms with Crippen LogP contribution >= 0.6 is 34.5 Å². The lowest BCUT2D eigenvalue weighted by Gasteiger charge is -2.44. The maximum Gasteiger partial charge on any atom is 0.387 e. The van der Waals surface area contributed by atoms with Gasteiger partial charge in [0.1, 0.15) is 39.0 Å². The first-order valence-electron chi connectivity index (χ1n) is 18.0. The summed E-state index contributed by atoms with van der Waals surface area (Å²) < 4.78 is 63.9. The van der Waals surface area contributed by atoms with Gasteiger partial charge in [0.25, 0.3) is 0 Å². The smallest absolute Gasteiger partial charge is 0.387 e. The number of esters is 2. The van der Waals surface area contributed by atoms with Gasteiger partial charge < -0.3 is 24.2 Å². The number of hydrogen-bond acceptors (Lipinski definition) is 10. The first-order chi connectivity index (χ1) is 26.5. The van der Waals surface area contributed by atoms with Crippen LogP contribution in [0.3, 0.4) is 0 Å². The van der Waals surface area contributed by atoms with Crippen molar-refractivity contribution in [2.24, 2.45) is 11.8 Å². The van der Waals surface area contributed by atoms with Crippen molar-refractivity contribution in [1.29, 1.82) is 0 Å². The molecule has 1 saturated carbocycles. The molecule has 8 rings (SSSR count). The van der Waals surface area contributed by atoms with E-state index < -0.39 is 36.5 Å². The zero-order chi connectivity index (χ0) is 38.6. The fourth-order valence-corrected chi connectivity index (χ4v) is 8.36. The number of carbonyl (C=O) groups excluding carboxylic acids is 2. The predicted octanol–water partition coefficient (Wildman–Crippen LogP) is 7.83. The minimum atomic E-state index is -3.09. The second kappa shape index (κ2) is 17.4. The second-order valence-corrected chi connectivity index (χ2v) is 16.0. The van der Waals surface area contributed by atoms with Crippen molar-refractivity contribution in [2.45, 2.75) is 63.5 Å². The van der Waals surface area contributed by atoms with E-state index in [2.05, 4.69) is 10.2 Å². The maximum atomic E-state index is 14.3. The van der Waals surface area contributed by atoms with Gasteiger partial charge in [-0.1, -0.05) is 41.4 Å². The molecule has 2 aromatic carbocycles. The van der Waals surface area contributed by atoms with Crippen molar-refractivity contribution in [2.75, 3.05) is 26.2 Å². The summed E-state index contributed by atoms with van der Waals surface area (Å²) in [6.07, 6.45) is 4.72. The summed E-state index contributed by atoms with van der Waals surface area (Å²) in [5.41, 5.74) is 1.12. The number of piperidine rings is 3. The Balaban J connectivity index is 1.09. The fourth-order valence-electron chi connectivity index (χ4n) is 6.92. The molecule has 1 N–H and O–H groups in total. The molecular weight excluding hydrogens is 782 g/mol. The topological polar surface area (TPSA) is 113 Å². The monoisotopic (exact) mass is 819 g/mol. The molecule has 10 nitrogen and oxygen atoms in total. The third-order valence-corrected chi connectivity index (χ3v) is 11.8. The third-order valence-electron chi connectivity index (χ3n) is 10.0. The highest BCUT2D eigenvalue weighted by atomic mass is 35.5. The predicted molar refractivity (Wildman–Crippen MR) is 198 cm³/mol. The number of nitrogens with one attached hydrogen (secondary N) is 1. The molecule has 1 unspecified atom stereocenters. The Hall–Kier alpha value is -4.08. The SMILES string of the molecule is O=C(O[C@@H](Cc1c(Cl)c[n+]([O-])cc1Cl)c1ccc(OC(F)F)c(OCC2CC2)c1)c1ccc(CNC(C(=O)O[C@H]2CN3CCC2CC3)c2cccc(F)c2)s1. The van der Waals surface area contributed by atoms with E-state index >= 15 is 0 Å². The fraction of sp³-hybridized carbons (Fsp3) is 0.410. The Bertz CT molecular complexity index is 1990. The molecule has 0 radical (unpaired) electrons. The molecule has 2 aromatic heterocycles. The van der Waals surface area contributed by atoms with E-state index in [1.165, 1.54) is 36.4 Å². The highest BCUT2D eigenvalue weighted by Gasteiger charge is 2.38. The van der Waals surface area contributed by atoms with Gasteiger partial charge in [-0.3, -0.25) is 10.2 Å². The van der Waals surface area contributed by atoms with Crippen LogP contribution in [-0.2, 0) is 27.2 Å². The van der Waals surface area contributed by atoms with Crippen LogP contribution in [0, 0.1) is 22.9 Å². The first-order valence-corrected chi connectivity index (χ1v) is 19.6. The lowest BCUT2D eigenvalue weighted by atomic mass is 9.86. The quantitative estimate of drug-likeness (QED) is 0.0687. The Morgan fingerprint density at radius 3 is 2.42 bits per heavy atom. The number of thiophene rings is 1.